The summed E-state index contributed by atoms with van der Waals surface area (Å²) in [5.41, 5.74) is 0. The van der Waals surface area contributed by atoms with Crippen molar-refractivity contribution in [2.75, 3.05) is 5.75 Å². The number of carboxylic acid groups (broad SMARTS) is 1. The molecular weight excluding hydrogens is 148 g/mol. The van der Waals surface area contributed by atoms with Gasteiger partial charge in [-0.3, -0.25) is 4.79 Å². The number of carboxylic acids is 1. The molecule has 0 aromatic heterocycles. The summed E-state index contributed by atoms with van der Waals surface area (Å²) in [5.74, 6) is 0.355. The molecule has 1 aliphatic carbocycles. The molecule has 0 heterocycles. The molecule has 0 amide bonds. The predicted molar refractivity (Wildman–Crippen MR) is 42.3 cm³/mol. The number of carbonyl (C=O) groups is 1. The highest BCUT2D eigenvalue weighted by Crippen LogP contribution is 2.34. The van der Waals surface area contributed by atoms with Crippen LogP contribution in [0.15, 0.2) is 0 Å². The van der Waals surface area contributed by atoms with Crippen molar-refractivity contribution >= 4 is 17.7 Å². The Morgan fingerprint density at radius 2 is 2.30 bits per heavy atom. The first-order valence-corrected chi connectivity index (χ1v) is 4.67. The van der Waals surface area contributed by atoms with Crippen LogP contribution in [0.5, 0.6) is 0 Å². The van der Waals surface area contributed by atoms with Gasteiger partial charge in [-0.1, -0.05) is 0 Å². The van der Waals surface area contributed by atoms with Crippen LogP contribution in [0.1, 0.15) is 25.7 Å². The normalized spacial score (nSPS) is 17.2. The maximum absolute atomic E-state index is 10.1. The Kier molecular flexibility index (Phi) is 3.06. The molecule has 0 aliphatic heterocycles. The molecule has 0 radical (unpaired) electrons. The molecule has 3 heteroatoms. The second-order valence-electron chi connectivity index (χ2n) is 2.57. The number of hydrogen-bond donors (Lipinski definition) is 1. The Labute approximate surface area is 65.0 Å². The van der Waals surface area contributed by atoms with Crippen LogP contribution in [0.3, 0.4) is 0 Å². The lowest BCUT2D eigenvalue weighted by Gasteiger charge is -1.94. The summed E-state index contributed by atoms with van der Waals surface area (Å²) in [5, 5.41) is 9.15. The molecule has 2 nitrogen and oxygen atoms in total. The average molecular weight is 160 g/mol. The van der Waals surface area contributed by atoms with E-state index >= 15 is 0 Å². The lowest BCUT2D eigenvalue weighted by molar-refractivity contribution is -0.137. The standard InChI is InChI=1S/C7H12O2S/c8-7(9)2-1-5-10-6-3-4-6/h6H,1-5H2,(H,8,9). The van der Waals surface area contributed by atoms with Gasteiger partial charge in [0.15, 0.2) is 0 Å². The van der Waals surface area contributed by atoms with Gasteiger partial charge in [0.05, 0.1) is 0 Å². The lowest BCUT2D eigenvalue weighted by Crippen LogP contribution is -1.95. The van der Waals surface area contributed by atoms with E-state index in [9.17, 15) is 4.79 Å². The molecule has 1 aliphatic rings. The highest BCUT2D eigenvalue weighted by atomic mass is 32.2. The van der Waals surface area contributed by atoms with Crippen LogP contribution in [0.2, 0.25) is 0 Å². The van der Waals surface area contributed by atoms with Crippen LogP contribution in [-0.2, 0) is 4.79 Å². The fraction of sp³-hybridized carbons (Fsp3) is 0.857. The van der Waals surface area contributed by atoms with Gasteiger partial charge in [0, 0.05) is 11.7 Å². The van der Waals surface area contributed by atoms with Gasteiger partial charge >= 0.3 is 5.97 Å². The molecule has 1 rings (SSSR count). The van der Waals surface area contributed by atoms with Crippen molar-refractivity contribution in [3.05, 3.63) is 0 Å². The summed E-state index contributed by atoms with van der Waals surface area (Å²) in [6.07, 6.45) is 3.85. The zero-order valence-corrected chi connectivity index (χ0v) is 6.69. The van der Waals surface area contributed by atoms with Crippen LogP contribution in [0.25, 0.3) is 0 Å². The monoisotopic (exact) mass is 160 g/mol. The molecule has 0 saturated heterocycles. The summed E-state index contributed by atoms with van der Waals surface area (Å²) in [7, 11) is 0. The largest absolute Gasteiger partial charge is 0.481 e. The van der Waals surface area contributed by atoms with Crippen molar-refractivity contribution in [1.82, 2.24) is 0 Å². The first-order chi connectivity index (χ1) is 4.79. The van der Waals surface area contributed by atoms with Gasteiger partial charge in [0.25, 0.3) is 0 Å². The van der Waals surface area contributed by atoms with Crippen molar-refractivity contribution in [2.24, 2.45) is 0 Å². The Morgan fingerprint density at radius 1 is 1.60 bits per heavy atom. The van der Waals surface area contributed by atoms with E-state index in [4.69, 9.17) is 5.11 Å². The minimum atomic E-state index is -0.670. The van der Waals surface area contributed by atoms with E-state index in [0.29, 0.717) is 6.42 Å². The van der Waals surface area contributed by atoms with Gasteiger partial charge in [-0.05, 0) is 25.0 Å². The van der Waals surface area contributed by atoms with Crippen LogP contribution in [0, 0.1) is 0 Å². The van der Waals surface area contributed by atoms with Crippen LogP contribution >= 0.6 is 11.8 Å². The third kappa shape index (κ3) is 3.77. The second-order valence-corrected chi connectivity index (χ2v) is 3.98. The average Bonchev–Trinajstić information content (AvgIpc) is 2.62. The fourth-order valence-corrected chi connectivity index (χ4v) is 1.82. The number of rotatable bonds is 5. The van der Waals surface area contributed by atoms with Crippen LogP contribution in [0.4, 0.5) is 0 Å². The van der Waals surface area contributed by atoms with Crippen molar-refractivity contribution in [2.45, 2.75) is 30.9 Å². The zero-order chi connectivity index (χ0) is 7.40. The highest BCUT2D eigenvalue weighted by molar-refractivity contribution is 8.00. The number of hydrogen-bond acceptors (Lipinski definition) is 2. The maximum Gasteiger partial charge on any atom is 0.303 e. The lowest BCUT2D eigenvalue weighted by atomic mass is 10.3. The SMILES string of the molecule is O=C(O)CCCSC1CC1. The van der Waals surface area contributed by atoms with E-state index in [0.717, 1.165) is 17.4 Å². The molecular formula is C7H12O2S. The Morgan fingerprint density at radius 3 is 2.80 bits per heavy atom. The minimum Gasteiger partial charge on any atom is -0.481 e. The molecule has 1 fully saturated rings. The molecule has 0 bridgehead atoms. The van der Waals surface area contributed by atoms with E-state index in [-0.39, 0.29) is 0 Å². The Bertz CT molecular complexity index is 121. The third-order valence-electron chi connectivity index (χ3n) is 1.41. The summed E-state index contributed by atoms with van der Waals surface area (Å²) < 4.78 is 0. The van der Waals surface area contributed by atoms with Crippen molar-refractivity contribution in [1.29, 1.82) is 0 Å². The molecule has 58 valence electrons. The molecule has 0 unspecified atom stereocenters. The molecule has 1 saturated carbocycles. The summed E-state index contributed by atoms with van der Waals surface area (Å²) in [4.78, 5) is 10.1. The van der Waals surface area contributed by atoms with Gasteiger partial charge in [-0.15, -0.1) is 0 Å². The van der Waals surface area contributed by atoms with Crippen molar-refractivity contribution in [3.8, 4) is 0 Å². The van der Waals surface area contributed by atoms with E-state index in [2.05, 4.69) is 0 Å². The van der Waals surface area contributed by atoms with E-state index in [1.807, 2.05) is 11.8 Å². The van der Waals surface area contributed by atoms with Crippen LogP contribution in [-0.4, -0.2) is 22.1 Å². The molecule has 1 N–H and O–H groups in total. The van der Waals surface area contributed by atoms with E-state index in [1.54, 1.807) is 0 Å². The molecule has 0 aromatic rings. The summed E-state index contributed by atoms with van der Waals surface area (Å²) in [6, 6.07) is 0. The minimum absolute atomic E-state index is 0.333. The van der Waals surface area contributed by atoms with Crippen LogP contribution < -0.4 is 0 Å². The highest BCUT2D eigenvalue weighted by Gasteiger charge is 2.20. The molecule has 0 aromatic carbocycles. The molecule has 10 heavy (non-hydrogen) atoms. The van der Waals surface area contributed by atoms with E-state index in [1.165, 1.54) is 12.8 Å². The fourth-order valence-electron chi connectivity index (χ4n) is 0.708. The van der Waals surface area contributed by atoms with Gasteiger partial charge in [-0.2, -0.15) is 11.8 Å². The van der Waals surface area contributed by atoms with Gasteiger partial charge in [0.2, 0.25) is 0 Å². The Hall–Kier alpha value is -0.180. The molecule has 0 atom stereocenters. The molecule has 0 spiro atoms. The summed E-state index contributed by atoms with van der Waals surface area (Å²) in [6.45, 7) is 0. The third-order valence-corrected chi connectivity index (χ3v) is 2.88. The maximum atomic E-state index is 10.1. The van der Waals surface area contributed by atoms with E-state index < -0.39 is 5.97 Å². The van der Waals surface area contributed by atoms with Crippen molar-refractivity contribution in [3.63, 3.8) is 0 Å². The Balaban J connectivity index is 1.80. The van der Waals surface area contributed by atoms with Gasteiger partial charge in [-0.25, -0.2) is 0 Å². The smallest absolute Gasteiger partial charge is 0.303 e. The number of thioether (sulfide) groups is 1. The second kappa shape index (κ2) is 3.86. The predicted octanol–water partition coefficient (Wildman–Crippen LogP) is 1.75. The topological polar surface area (TPSA) is 37.3 Å². The number of aliphatic carboxylic acids is 1. The first kappa shape index (κ1) is 7.92. The van der Waals surface area contributed by atoms with Gasteiger partial charge < -0.3 is 5.11 Å². The zero-order valence-electron chi connectivity index (χ0n) is 5.88. The first-order valence-electron chi connectivity index (χ1n) is 3.62. The van der Waals surface area contributed by atoms with Crippen molar-refractivity contribution < 1.29 is 9.90 Å². The van der Waals surface area contributed by atoms with Gasteiger partial charge in [0.1, 0.15) is 0 Å². The quantitative estimate of drug-likeness (QED) is 0.622. The summed E-state index contributed by atoms with van der Waals surface area (Å²) >= 11 is 1.92.